The molecule has 1 nitrogen and oxygen atoms in total. The average molecular weight is 278 g/mol. The number of aliphatic hydroxyl groups excluding tert-OH is 1. The molecule has 1 rings (SSSR count). The van der Waals surface area contributed by atoms with Gasteiger partial charge in [0.25, 0.3) is 0 Å². The Morgan fingerprint density at radius 3 is 2.68 bits per heavy atom. The molecule has 0 aliphatic heterocycles. The van der Waals surface area contributed by atoms with E-state index in [1.807, 2.05) is 17.8 Å². The molecule has 0 bridgehead atoms. The van der Waals surface area contributed by atoms with Gasteiger partial charge in [-0.3, -0.25) is 0 Å². The molecule has 0 saturated carbocycles. The summed E-state index contributed by atoms with van der Waals surface area (Å²) in [5.74, 6) is 1.05. The third-order valence-corrected chi connectivity index (χ3v) is 4.15. The number of aliphatic hydroxyl groups is 1. The van der Waals surface area contributed by atoms with E-state index >= 15 is 0 Å². The van der Waals surface area contributed by atoms with Gasteiger partial charge in [-0.05, 0) is 31.4 Å². The van der Waals surface area contributed by atoms with Crippen molar-refractivity contribution >= 4 is 11.8 Å². The van der Waals surface area contributed by atoms with Crippen molar-refractivity contribution in [3.8, 4) is 0 Å². The molecule has 0 fully saturated rings. The topological polar surface area (TPSA) is 20.2 Å². The standard InChI is InChI=1S/C17H26OS/c1-3-4-6-9-16(18)14-15(2)12-13-19-17-10-7-5-8-11-17/h5,7-8,10-11,16,18H,2-4,6,9,12-14H2,1H3/t16-/m0/s1. The molecule has 0 saturated heterocycles. The maximum Gasteiger partial charge on any atom is 0.0577 e. The molecular weight excluding hydrogens is 252 g/mol. The molecule has 0 radical (unpaired) electrons. The number of rotatable bonds is 10. The third kappa shape index (κ3) is 8.12. The summed E-state index contributed by atoms with van der Waals surface area (Å²) in [5, 5.41) is 9.89. The normalized spacial score (nSPS) is 12.3. The fourth-order valence-electron chi connectivity index (χ4n) is 2.00. The van der Waals surface area contributed by atoms with Crippen LogP contribution in [-0.2, 0) is 0 Å². The second-order valence-corrected chi connectivity index (χ2v) is 6.18. The first-order valence-electron chi connectivity index (χ1n) is 7.25. The SMILES string of the molecule is C=C(CCSc1ccccc1)C[C@@H](O)CCCCC. The van der Waals surface area contributed by atoms with Crippen LogP contribution in [0.5, 0.6) is 0 Å². The van der Waals surface area contributed by atoms with Gasteiger partial charge in [0.15, 0.2) is 0 Å². The lowest BCUT2D eigenvalue weighted by atomic mass is 10.0. The summed E-state index contributed by atoms with van der Waals surface area (Å²) in [4.78, 5) is 1.30. The van der Waals surface area contributed by atoms with Crippen molar-refractivity contribution in [1.29, 1.82) is 0 Å². The summed E-state index contributed by atoms with van der Waals surface area (Å²) in [7, 11) is 0. The van der Waals surface area contributed by atoms with Gasteiger partial charge in [-0.25, -0.2) is 0 Å². The third-order valence-electron chi connectivity index (χ3n) is 3.13. The van der Waals surface area contributed by atoms with Gasteiger partial charge in [0, 0.05) is 10.6 Å². The van der Waals surface area contributed by atoms with Crippen LogP contribution >= 0.6 is 11.8 Å². The summed E-state index contributed by atoms with van der Waals surface area (Å²) >= 11 is 1.85. The monoisotopic (exact) mass is 278 g/mol. The molecule has 0 aliphatic carbocycles. The van der Waals surface area contributed by atoms with E-state index in [4.69, 9.17) is 0 Å². The Kier molecular flexibility index (Phi) is 8.68. The summed E-state index contributed by atoms with van der Waals surface area (Å²) < 4.78 is 0. The quantitative estimate of drug-likeness (QED) is 0.367. The molecule has 0 aromatic heterocycles. The van der Waals surface area contributed by atoms with Crippen LogP contribution in [0.3, 0.4) is 0 Å². The zero-order valence-electron chi connectivity index (χ0n) is 12.0. The number of benzene rings is 1. The van der Waals surface area contributed by atoms with Gasteiger partial charge in [-0.1, -0.05) is 56.5 Å². The van der Waals surface area contributed by atoms with Gasteiger partial charge in [0.05, 0.1) is 6.10 Å². The van der Waals surface area contributed by atoms with Crippen LogP contribution in [-0.4, -0.2) is 17.0 Å². The highest BCUT2D eigenvalue weighted by Gasteiger charge is 2.06. The van der Waals surface area contributed by atoms with Crippen LogP contribution in [0, 0.1) is 0 Å². The van der Waals surface area contributed by atoms with Crippen molar-refractivity contribution in [2.75, 3.05) is 5.75 Å². The maximum absolute atomic E-state index is 9.89. The first kappa shape index (κ1) is 16.3. The lowest BCUT2D eigenvalue weighted by Gasteiger charge is -2.12. The molecular formula is C17H26OS. The van der Waals surface area contributed by atoms with E-state index in [0.29, 0.717) is 0 Å². The fourth-order valence-corrected chi connectivity index (χ4v) is 2.97. The van der Waals surface area contributed by atoms with Crippen LogP contribution in [0.4, 0.5) is 0 Å². The van der Waals surface area contributed by atoms with Crippen LogP contribution in [0.1, 0.15) is 45.4 Å². The number of hydrogen-bond acceptors (Lipinski definition) is 2. The summed E-state index contributed by atoms with van der Waals surface area (Å²) in [6, 6.07) is 10.4. The van der Waals surface area contributed by atoms with E-state index < -0.39 is 0 Å². The first-order valence-corrected chi connectivity index (χ1v) is 8.23. The molecule has 1 aromatic rings. The van der Waals surface area contributed by atoms with Gasteiger partial charge in [0.2, 0.25) is 0 Å². The number of hydrogen-bond donors (Lipinski definition) is 1. The van der Waals surface area contributed by atoms with Gasteiger partial charge in [-0.2, -0.15) is 0 Å². The molecule has 0 spiro atoms. The predicted octanol–water partition coefficient (Wildman–Crippen LogP) is 5.06. The Labute approximate surface area is 122 Å². The molecule has 106 valence electrons. The lowest BCUT2D eigenvalue weighted by molar-refractivity contribution is 0.160. The van der Waals surface area contributed by atoms with E-state index in [9.17, 15) is 5.11 Å². The highest BCUT2D eigenvalue weighted by atomic mass is 32.2. The van der Waals surface area contributed by atoms with Crippen molar-refractivity contribution < 1.29 is 5.11 Å². The number of unbranched alkanes of at least 4 members (excludes halogenated alkanes) is 2. The Hall–Kier alpha value is -0.730. The predicted molar refractivity (Wildman–Crippen MR) is 85.7 cm³/mol. The van der Waals surface area contributed by atoms with Crippen molar-refractivity contribution in [2.45, 2.75) is 56.4 Å². The van der Waals surface area contributed by atoms with E-state index in [1.54, 1.807) is 0 Å². The maximum atomic E-state index is 9.89. The zero-order valence-corrected chi connectivity index (χ0v) is 12.8. The minimum absolute atomic E-state index is 0.194. The van der Waals surface area contributed by atoms with E-state index in [1.165, 1.54) is 23.3 Å². The number of thioether (sulfide) groups is 1. The Morgan fingerprint density at radius 2 is 2.00 bits per heavy atom. The van der Waals surface area contributed by atoms with Gasteiger partial charge in [-0.15, -0.1) is 11.8 Å². The van der Waals surface area contributed by atoms with Crippen LogP contribution in [0.2, 0.25) is 0 Å². The second-order valence-electron chi connectivity index (χ2n) is 5.02. The second kappa shape index (κ2) is 10.1. The molecule has 0 unspecified atom stereocenters. The van der Waals surface area contributed by atoms with E-state index in [-0.39, 0.29) is 6.10 Å². The average Bonchev–Trinajstić information content (AvgIpc) is 2.40. The Balaban J connectivity index is 2.10. The smallest absolute Gasteiger partial charge is 0.0577 e. The van der Waals surface area contributed by atoms with E-state index in [2.05, 4.69) is 37.8 Å². The molecule has 0 aliphatic rings. The van der Waals surface area contributed by atoms with Gasteiger partial charge in [0.1, 0.15) is 0 Å². The molecule has 1 atom stereocenters. The van der Waals surface area contributed by atoms with Gasteiger partial charge >= 0.3 is 0 Å². The van der Waals surface area contributed by atoms with Crippen molar-refractivity contribution in [3.05, 3.63) is 42.5 Å². The highest BCUT2D eigenvalue weighted by Crippen LogP contribution is 2.21. The minimum Gasteiger partial charge on any atom is -0.393 e. The molecule has 1 N–H and O–H groups in total. The Bertz CT molecular complexity index is 348. The molecule has 19 heavy (non-hydrogen) atoms. The summed E-state index contributed by atoms with van der Waals surface area (Å²) in [6.07, 6.45) is 6.03. The summed E-state index contributed by atoms with van der Waals surface area (Å²) in [6.45, 7) is 6.27. The van der Waals surface area contributed by atoms with Crippen LogP contribution in [0.25, 0.3) is 0 Å². The molecule has 0 heterocycles. The van der Waals surface area contributed by atoms with Crippen molar-refractivity contribution in [3.63, 3.8) is 0 Å². The van der Waals surface area contributed by atoms with Crippen LogP contribution < -0.4 is 0 Å². The van der Waals surface area contributed by atoms with E-state index in [0.717, 1.165) is 31.4 Å². The van der Waals surface area contributed by atoms with Crippen molar-refractivity contribution in [1.82, 2.24) is 0 Å². The molecule has 0 amide bonds. The zero-order chi connectivity index (χ0) is 13.9. The summed E-state index contributed by atoms with van der Waals surface area (Å²) in [5.41, 5.74) is 1.17. The highest BCUT2D eigenvalue weighted by molar-refractivity contribution is 7.99. The fraction of sp³-hybridized carbons (Fsp3) is 0.529. The minimum atomic E-state index is -0.194. The lowest BCUT2D eigenvalue weighted by Crippen LogP contribution is -2.07. The largest absolute Gasteiger partial charge is 0.393 e. The van der Waals surface area contributed by atoms with Crippen molar-refractivity contribution in [2.24, 2.45) is 0 Å². The Morgan fingerprint density at radius 1 is 1.26 bits per heavy atom. The first-order chi connectivity index (χ1) is 9.22. The van der Waals surface area contributed by atoms with Gasteiger partial charge < -0.3 is 5.11 Å². The molecule has 1 aromatic carbocycles. The van der Waals surface area contributed by atoms with Crippen LogP contribution in [0.15, 0.2) is 47.4 Å². The molecule has 2 heteroatoms.